The molecule has 2 aromatic rings. The number of nitrogens with one attached hydrogen (secondary N) is 3. The van der Waals surface area contributed by atoms with Gasteiger partial charge in [-0.3, -0.25) is 9.78 Å². The third-order valence-electron chi connectivity index (χ3n) is 7.93. The van der Waals surface area contributed by atoms with Crippen LogP contribution in [0.5, 0.6) is 0 Å². The molecule has 0 bridgehead atoms. The van der Waals surface area contributed by atoms with Crippen molar-refractivity contribution >= 4 is 21.6 Å². The highest BCUT2D eigenvalue weighted by molar-refractivity contribution is 7.90. The first-order valence-corrected chi connectivity index (χ1v) is 14.8. The zero-order valence-corrected chi connectivity index (χ0v) is 21.9. The van der Waals surface area contributed by atoms with Crippen LogP contribution in [0.4, 0.5) is 10.1 Å². The first-order valence-electron chi connectivity index (χ1n) is 13.3. The van der Waals surface area contributed by atoms with E-state index in [9.17, 15) is 17.6 Å². The molecule has 37 heavy (non-hydrogen) atoms. The van der Waals surface area contributed by atoms with Crippen molar-refractivity contribution in [2.45, 2.75) is 61.7 Å². The summed E-state index contributed by atoms with van der Waals surface area (Å²) < 4.78 is 42.4. The van der Waals surface area contributed by atoms with E-state index in [4.69, 9.17) is 0 Å². The number of carbonyl (C=O) groups is 1. The number of rotatable bonds is 9. The second kappa shape index (κ2) is 11.1. The highest BCUT2D eigenvalue weighted by Gasteiger charge is 2.43. The van der Waals surface area contributed by atoms with Crippen LogP contribution in [0.25, 0.3) is 0 Å². The normalized spacial score (nSPS) is 25.1. The molecule has 5 rings (SSSR count). The van der Waals surface area contributed by atoms with Gasteiger partial charge in [0.1, 0.15) is 5.82 Å². The van der Waals surface area contributed by atoms with E-state index < -0.39 is 15.8 Å². The van der Waals surface area contributed by atoms with Gasteiger partial charge in [-0.25, -0.2) is 12.8 Å². The quantitative estimate of drug-likeness (QED) is 0.462. The van der Waals surface area contributed by atoms with Crippen molar-refractivity contribution in [2.24, 2.45) is 0 Å². The van der Waals surface area contributed by atoms with Gasteiger partial charge >= 0.3 is 0 Å². The molecule has 1 unspecified atom stereocenters. The maximum Gasteiger partial charge on any atom is 0.225 e. The number of benzene rings is 1. The second-order valence-corrected chi connectivity index (χ2v) is 12.7. The molecule has 2 atom stereocenters. The number of amides is 1. The average Bonchev–Trinajstić information content (AvgIpc) is 3.76. The smallest absolute Gasteiger partial charge is 0.225 e. The molecular formula is C27H36FN5O3S. The number of hydrogen-bond acceptors (Lipinski definition) is 6. The molecule has 2 aliphatic heterocycles. The van der Waals surface area contributed by atoms with Crippen LogP contribution in [0.2, 0.25) is 0 Å². The van der Waals surface area contributed by atoms with Crippen molar-refractivity contribution in [2.75, 3.05) is 38.0 Å². The van der Waals surface area contributed by atoms with Gasteiger partial charge in [-0.15, -0.1) is 0 Å². The summed E-state index contributed by atoms with van der Waals surface area (Å²) in [4.78, 5) is 17.3. The van der Waals surface area contributed by atoms with Crippen molar-refractivity contribution in [1.82, 2.24) is 19.9 Å². The number of carbonyl (C=O) groups excluding carboxylic acids is 1. The molecule has 1 saturated carbocycles. The van der Waals surface area contributed by atoms with Crippen molar-refractivity contribution in [3.05, 3.63) is 59.7 Å². The van der Waals surface area contributed by atoms with Gasteiger partial charge in [-0.1, -0.05) is 30.3 Å². The maximum atomic E-state index is 15.0. The van der Waals surface area contributed by atoms with Crippen molar-refractivity contribution < 1.29 is 17.6 Å². The zero-order valence-electron chi connectivity index (χ0n) is 21.1. The molecule has 3 N–H and O–H groups in total. The summed E-state index contributed by atoms with van der Waals surface area (Å²) in [5.41, 5.74) is 1.53. The molecule has 8 nitrogen and oxygen atoms in total. The fourth-order valence-electron chi connectivity index (χ4n) is 5.78. The number of nitrogens with zero attached hydrogens (tertiary/aromatic N) is 2. The summed E-state index contributed by atoms with van der Waals surface area (Å²) in [5.74, 6) is -0.672. The summed E-state index contributed by atoms with van der Waals surface area (Å²) in [6.45, 7) is 3.22. The summed E-state index contributed by atoms with van der Waals surface area (Å²) >= 11 is 0. The number of anilines is 1. The third-order valence-corrected chi connectivity index (χ3v) is 10.4. The van der Waals surface area contributed by atoms with Gasteiger partial charge in [-0.05, 0) is 50.6 Å². The predicted octanol–water partition coefficient (Wildman–Crippen LogP) is 2.57. The lowest BCUT2D eigenvalue weighted by molar-refractivity contribution is -0.117. The van der Waals surface area contributed by atoms with Gasteiger partial charge in [0, 0.05) is 49.6 Å². The van der Waals surface area contributed by atoms with Gasteiger partial charge in [0.15, 0.2) is 0 Å². The molecule has 200 valence electrons. The monoisotopic (exact) mass is 529 g/mol. The van der Waals surface area contributed by atoms with Crippen molar-refractivity contribution in [1.29, 1.82) is 0 Å². The van der Waals surface area contributed by atoms with Crippen LogP contribution in [0, 0.1) is 5.82 Å². The first-order chi connectivity index (χ1) is 17.9. The lowest BCUT2D eigenvalue weighted by Gasteiger charge is -2.38. The maximum absolute atomic E-state index is 15.0. The Bertz CT molecular complexity index is 1200. The van der Waals surface area contributed by atoms with Gasteiger partial charge in [0.2, 0.25) is 15.9 Å². The topological polar surface area (TPSA) is 103 Å². The minimum Gasteiger partial charge on any atom is -0.324 e. The standard InChI is InChI=1S/C27H36FN5O3S/c28-24-17-31-18-25(23(24)10-7-21-16-29-13-14-33(21)37(35,36)22-8-9-22)32-26(34)15-27(11-4-12-30-19-27)20-5-2-1-3-6-20/h1-3,5-6,17-18,21-22,29-30H,4,7-16,19H2,(H,32,34)/t21-,27?/m0/s1. The Balaban J connectivity index is 1.30. The van der Waals surface area contributed by atoms with Crippen molar-refractivity contribution in [3.63, 3.8) is 0 Å². The minimum absolute atomic E-state index is 0.182. The van der Waals surface area contributed by atoms with E-state index in [1.54, 1.807) is 4.31 Å². The van der Waals surface area contributed by atoms with Crippen LogP contribution in [0.15, 0.2) is 42.7 Å². The van der Waals surface area contributed by atoms with E-state index in [0.29, 0.717) is 63.1 Å². The van der Waals surface area contributed by atoms with E-state index in [-0.39, 0.29) is 29.0 Å². The number of sulfonamides is 1. The first kappa shape index (κ1) is 26.2. The van der Waals surface area contributed by atoms with Crippen LogP contribution < -0.4 is 16.0 Å². The van der Waals surface area contributed by atoms with Gasteiger partial charge in [0.05, 0.1) is 23.3 Å². The molecule has 3 fully saturated rings. The van der Waals surface area contributed by atoms with E-state index >= 15 is 0 Å². The highest BCUT2D eigenvalue weighted by Crippen LogP contribution is 2.36. The van der Waals surface area contributed by atoms with Crippen LogP contribution >= 0.6 is 0 Å². The lowest BCUT2D eigenvalue weighted by Crippen LogP contribution is -2.54. The molecular weight excluding hydrogens is 493 g/mol. The summed E-state index contributed by atoms with van der Waals surface area (Å²) in [7, 11) is -3.32. The summed E-state index contributed by atoms with van der Waals surface area (Å²) in [6, 6.07) is 9.84. The highest BCUT2D eigenvalue weighted by atomic mass is 32.2. The van der Waals surface area contributed by atoms with Gasteiger partial charge in [-0.2, -0.15) is 4.31 Å². The molecule has 1 amide bonds. The predicted molar refractivity (Wildman–Crippen MR) is 141 cm³/mol. The van der Waals surface area contributed by atoms with Crippen LogP contribution in [-0.2, 0) is 26.7 Å². The molecule has 1 aromatic carbocycles. The molecule has 3 aliphatic rings. The molecule has 10 heteroatoms. The van der Waals surface area contributed by atoms with E-state index in [1.807, 2.05) is 18.2 Å². The number of aromatic nitrogens is 1. The molecule has 0 radical (unpaired) electrons. The Hall–Kier alpha value is -2.40. The minimum atomic E-state index is -3.32. The Morgan fingerprint density at radius 3 is 2.70 bits per heavy atom. The average molecular weight is 530 g/mol. The van der Waals surface area contributed by atoms with Crippen LogP contribution in [0.3, 0.4) is 0 Å². The lowest BCUT2D eigenvalue weighted by atomic mass is 9.72. The fraction of sp³-hybridized carbons (Fsp3) is 0.556. The molecule has 0 spiro atoms. The molecule has 1 aromatic heterocycles. The number of halogens is 1. The number of piperidine rings is 1. The molecule has 2 saturated heterocycles. The zero-order chi connectivity index (χ0) is 25.9. The van der Waals surface area contributed by atoms with E-state index in [0.717, 1.165) is 31.1 Å². The van der Waals surface area contributed by atoms with Gasteiger partial charge in [0.25, 0.3) is 0 Å². The van der Waals surface area contributed by atoms with Crippen LogP contribution in [0.1, 0.15) is 49.7 Å². The number of piperazine rings is 1. The summed E-state index contributed by atoms with van der Waals surface area (Å²) in [6.07, 6.45) is 6.99. The number of pyridine rings is 1. The Morgan fingerprint density at radius 1 is 1.16 bits per heavy atom. The summed E-state index contributed by atoms with van der Waals surface area (Å²) in [5, 5.41) is 9.37. The van der Waals surface area contributed by atoms with E-state index in [2.05, 4.69) is 33.1 Å². The van der Waals surface area contributed by atoms with E-state index in [1.165, 1.54) is 6.20 Å². The Kier molecular flexibility index (Phi) is 7.90. The SMILES string of the molecule is O=C(CC1(c2ccccc2)CCCNC1)Nc1cncc(F)c1CC[C@H]1CNCCN1S(=O)(=O)C1CC1. The van der Waals surface area contributed by atoms with Crippen LogP contribution in [-0.4, -0.2) is 67.6 Å². The second-order valence-electron chi connectivity index (χ2n) is 10.6. The fourth-order valence-corrected chi connectivity index (χ4v) is 7.83. The Labute approximate surface area is 218 Å². The van der Waals surface area contributed by atoms with Crippen molar-refractivity contribution in [3.8, 4) is 0 Å². The molecule has 3 heterocycles. The van der Waals surface area contributed by atoms with Gasteiger partial charge < -0.3 is 16.0 Å². The molecule has 1 aliphatic carbocycles. The Morgan fingerprint density at radius 2 is 1.97 bits per heavy atom. The third kappa shape index (κ3) is 5.87. The number of hydrogen-bond donors (Lipinski definition) is 3. The largest absolute Gasteiger partial charge is 0.324 e.